The lowest BCUT2D eigenvalue weighted by atomic mass is 10.2. The molecule has 0 atom stereocenters. The molecule has 0 bridgehead atoms. The van der Waals surface area contributed by atoms with E-state index in [1.165, 1.54) is 16.5 Å². The van der Waals surface area contributed by atoms with Gasteiger partial charge in [0, 0.05) is 11.6 Å². The third kappa shape index (κ3) is 1.63. The Balaban J connectivity index is 2.35. The van der Waals surface area contributed by atoms with Crippen molar-refractivity contribution in [2.24, 2.45) is 0 Å². The molecule has 1 aromatic heterocycles. The molecule has 1 heterocycles. The molecule has 17 heavy (non-hydrogen) atoms. The predicted molar refractivity (Wildman–Crippen MR) is 73.0 cm³/mol. The molecule has 3 aromatic rings. The lowest BCUT2D eigenvalue weighted by Gasteiger charge is -2.07. The van der Waals surface area contributed by atoms with E-state index in [-0.39, 0.29) is 0 Å². The van der Waals surface area contributed by atoms with Crippen LogP contribution in [0.25, 0.3) is 16.6 Å². The average Bonchev–Trinajstić information content (AvgIpc) is 2.68. The van der Waals surface area contributed by atoms with Crippen LogP contribution < -0.4 is 0 Å². The summed E-state index contributed by atoms with van der Waals surface area (Å²) in [7, 11) is 0. The maximum absolute atomic E-state index is 6.25. The van der Waals surface area contributed by atoms with Gasteiger partial charge in [0.2, 0.25) is 0 Å². The second kappa shape index (κ2) is 3.94. The molecule has 0 fully saturated rings. The van der Waals surface area contributed by atoms with Crippen molar-refractivity contribution in [2.75, 3.05) is 0 Å². The molecule has 0 amide bonds. The largest absolute Gasteiger partial charge is 0.315 e. The molecular formula is C15H12ClN. The minimum absolute atomic E-state index is 0.772. The number of rotatable bonds is 1. The summed E-state index contributed by atoms with van der Waals surface area (Å²) in [5.41, 5.74) is 3.48. The summed E-state index contributed by atoms with van der Waals surface area (Å²) in [6, 6.07) is 16.3. The van der Waals surface area contributed by atoms with E-state index in [2.05, 4.69) is 42.0 Å². The molecule has 0 aliphatic heterocycles. The van der Waals surface area contributed by atoms with Crippen molar-refractivity contribution in [3.05, 3.63) is 65.3 Å². The number of hydrogen-bond acceptors (Lipinski definition) is 0. The highest BCUT2D eigenvalue weighted by molar-refractivity contribution is 6.32. The number of fused-ring (bicyclic) bond motifs is 1. The minimum atomic E-state index is 0.772. The average molecular weight is 242 g/mol. The first-order chi connectivity index (χ1) is 8.27. The van der Waals surface area contributed by atoms with E-state index in [1.807, 2.05) is 24.3 Å². The zero-order valence-electron chi connectivity index (χ0n) is 9.52. The smallest absolute Gasteiger partial charge is 0.0646 e. The van der Waals surface area contributed by atoms with E-state index in [0.717, 1.165) is 10.7 Å². The summed E-state index contributed by atoms with van der Waals surface area (Å²) in [4.78, 5) is 0. The molecule has 0 saturated carbocycles. The van der Waals surface area contributed by atoms with Crippen molar-refractivity contribution in [2.45, 2.75) is 6.92 Å². The maximum Gasteiger partial charge on any atom is 0.0646 e. The predicted octanol–water partition coefficient (Wildman–Crippen LogP) is 4.59. The van der Waals surface area contributed by atoms with Crippen LogP contribution in [0.1, 0.15) is 5.56 Å². The Morgan fingerprint density at radius 2 is 1.65 bits per heavy atom. The maximum atomic E-state index is 6.25. The molecule has 2 heteroatoms. The van der Waals surface area contributed by atoms with Gasteiger partial charge in [-0.15, -0.1) is 0 Å². The number of hydrogen-bond donors (Lipinski definition) is 0. The normalized spacial score (nSPS) is 10.9. The van der Waals surface area contributed by atoms with E-state index >= 15 is 0 Å². The van der Waals surface area contributed by atoms with Crippen LogP contribution in [0.4, 0.5) is 0 Å². The third-order valence-electron chi connectivity index (χ3n) is 3.02. The molecular weight excluding hydrogens is 230 g/mol. The molecule has 0 saturated heterocycles. The van der Waals surface area contributed by atoms with Crippen molar-refractivity contribution in [1.29, 1.82) is 0 Å². The van der Waals surface area contributed by atoms with Crippen LogP contribution in [0.5, 0.6) is 0 Å². The quantitative estimate of drug-likeness (QED) is 0.587. The first-order valence-electron chi connectivity index (χ1n) is 5.59. The monoisotopic (exact) mass is 241 g/mol. The van der Waals surface area contributed by atoms with Gasteiger partial charge in [-0.3, -0.25) is 0 Å². The van der Waals surface area contributed by atoms with Gasteiger partial charge in [0.15, 0.2) is 0 Å². The van der Waals surface area contributed by atoms with Crippen molar-refractivity contribution in [1.82, 2.24) is 4.57 Å². The van der Waals surface area contributed by atoms with Crippen molar-refractivity contribution < 1.29 is 0 Å². The molecule has 0 radical (unpaired) electrons. The first kappa shape index (κ1) is 10.4. The van der Waals surface area contributed by atoms with Gasteiger partial charge < -0.3 is 4.57 Å². The highest BCUT2D eigenvalue weighted by Gasteiger charge is 2.08. The van der Waals surface area contributed by atoms with Crippen LogP contribution in [0.2, 0.25) is 5.02 Å². The molecule has 0 N–H and O–H groups in total. The Morgan fingerprint density at radius 3 is 2.47 bits per heavy atom. The fraction of sp³-hybridized carbons (Fsp3) is 0.0667. The molecule has 2 aromatic carbocycles. The molecule has 0 unspecified atom stereocenters. The van der Waals surface area contributed by atoms with Gasteiger partial charge in [-0.25, -0.2) is 0 Å². The Morgan fingerprint density at radius 1 is 0.941 bits per heavy atom. The first-order valence-corrected chi connectivity index (χ1v) is 5.97. The summed E-state index contributed by atoms with van der Waals surface area (Å²) >= 11 is 6.25. The number of halogens is 1. The fourth-order valence-electron chi connectivity index (χ4n) is 2.20. The summed E-state index contributed by atoms with van der Waals surface area (Å²) in [6.45, 7) is 2.12. The van der Waals surface area contributed by atoms with E-state index in [4.69, 9.17) is 11.6 Å². The van der Waals surface area contributed by atoms with Crippen LogP contribution >= 0.6 is 11.6 Å². The van der Waals surface area contributed by atoms with E-state index < -0.39 is 0 Å². The molecule has 84 valence electrons. The summed E-state index contributed by atoms with van der Waals surface area (Å²) in [5.74, 6) is 0. The molecule has 0 aliphatic rings. The summed E-state index contributed by atoms with van der Waals surface area (Å²) in [5, 5.41) is 2.04. The Bertz CT molecular complexity index is 682. The van der Waals surface area contributed by atoms with Crippen LogP contribution in [0, 0.1) is 6.92 Å². The van der Waals surface area contributed by atoms with Crippen LogP contribution in [0.3, 0.4) is 0 Å². The molecule has 3 rings (SSSR count). The second-order valence-electron chi connectivity index (χ2n) is 4.15. The highest BCUT2D eigenvalue weighted by atomic mass is 35.5. The highest BCUT2D eigenvalue weighted by Crippen LogP contribution is 2.27. The van der Waals surface area contributed by atoms with E-state index in [9.17, 15) is 0 Å². The fourth-order valence-corrected chi connectivity index (χ4v) is 2.42. The van der Waals surface area contributed by atoms with Gasteiger partial charge in [-0.05, 0) is 30.7 Å². The SMILES string of the molecule is Cc1cn(-c2ccccc2Cl)c2ccccc12. The lowest BCUT2D eigenvalue weighted by Crippen LogP contribution is -1.92. The van der Waals surface area contributed by atoms with E-state index in [1.54, 1.807) is 0 Å². The Hall–Kier alpha value is -1.73. The van der Waals surface area contributed by atoms with Gasteiger partial charge in [-0.2, -0.15) is 0 Å². The van der Waals surface area contributed by atoms with E-state index in [0.29, 0.717) is 0 Å². The number of aryl methyl sites for hydroxylation is 1. The Labute approximate surface area is 105 Å². The molecule has 0 spiro atoms. The van der Waals surface area contributed by atoms with Crippen LogP contribution in [-0.4, -0.2) is 4.57 Å². The topological polar surface area (TPSA) is 4.93 Å². The minimum Gasteiger partial charge on any atom is -0.315 e. The Kier molecular flexibility index (Phi) is 2.41. The van der Waals surface area contributed by atoms with Gasteiger partial charge >= 0.3 is 0 Å². The summed E-state index contributed by atoms with van der Waals surface area (Å²) in [6.07, 6.45) is 2.13. The van der Waals surface area contributed by atoms with Gasteiger partial charge in [-0.1, -0.05) is 41.9 Å². The zero-order chi connectivity index (χ0) is 11.8. The summed E-state index contributed by atoms with van der Waals surface area (Å²) < 4.78 is 2.15. The van der Waals surface area contributed by atoms with Gasteiger partial charge in [0.25, 0.3) is 0 Å². The number of aromatic nitrogens is 1. The molecule has 0 aliphatic carbocycles. The van der Waals surface area contributed by atoms with Gasteiger partial charge in [0.05, 0.1) is 16.2 Å². The van der Waals surface area contributed by atoms with Crippen LogP contribution in [0.15, 0.2) is 54.7 Å². The second-order valence-corrected chi connectivity index (χ2v) is 4.56. The van der Waals surface area contributed by atoms with Gasteiger partial charge in [0.1, 0.15) is 0 Å². The number of para-hydroxylation sites is 2. The van der Waals surface area contributed by atoms with Crippen molar-refractivity contribution in [3.8, 4) is 5.69 Å². The van der Waals surface area contributed by atoms with Crippen molar-refractivity contribution >= 4 is 22.5 Å². The molecule has 1 nitrogen and oxygen atoms in total. The lowest BCUT2D eigenvalue weighted by molar-refractivity contribution is 1.12. The zero-order valence-corrected chi connectivity index (χ0v) is 10.3. The van der Waals surface area contributed by atoms with Crippen molar-refractivity contribution in [3.63, 3.8) is 0 Å². The standard InChI is InChI=1S/C15H12ClN/c1-11-10-17(14-8-4-2-6-12(11)14)15-9-5-3-7-13(15)16/h2-10H,1H3. The van der Waals surface area contributed by atoms with Crippen LogP contribution in [-0.2, 0) is 0 Å². The number of nitrogens with zero attached hydrogens (tertiary/aromatic N) is 1. The third-order valence-corrected chi connectivity index (χ3v) is 3.34. The number of benzene rings is 2.